The molecule has 1 saturated carbocycles. The fraction of sp³-hybridized carbons (Fsp3) is 0.615. The third kappa shape index (κ3) is 1.76. The zero-order valence-electron chi connectivity index (χ0n) is 10.2. The van der Waals surface area contributed by atoms with E-state index < -0.39 is 0 Å². The van der Waals surface area contributed by atoms with E-state index in [9.17, 15) is 4.79 Å². The highest BCUT2D eigenvalue weighted by atomic mass is 16.5. The zero-order chi connectivity index (χ0) is 12.0. The van der Waals surface area contributed by atoms with Crippen molar-refractivity contribution in [1.29, 1.82) is 0 Å². The molecular formula is C13H18N2O2. The Morgan fingerprint density at radius 3 is 2.76 bits per heavy atom. The predicted molar refractivity (Wildman–Crippen MR) is 66.3 cm³/mol. The molecule has 1 saturated heterocycles. The molecule has 0 spiro atoms. The molecule has 1 aliphatic carbocycles. The maximum absolute atomic E-state index is 12.3. The molecule has 3 rings (SSSR count). The standard InChI is InChI=1S/C13H18N2O2/c1-8(2)14-11-4-3-5-15(13(11)16)12-9-6-17-7-10(9)12/h3-5,8-10,12,14H,6-7H2,1-2H3/t9-,10+,12+. The summed E-state index contributed by atoms with van der Waals surface area (Å²) < 4.78 is 7.24. The topological polar surface area (TPSA) is 43.3 Å². The van der Waals surface area contributed by atoms with Crippen LogP contribution >= 0.6 is 0 Å². The number of nitrogens with zero attached hydrogens (tertiary/aromatic N) is 1. The van der Waals surface area contributed by atoms with Crippen LogP contribution in [0.25, 0.3) is 0 Å². The fourth-order valence-electron chi connectivity index (χ4n) is 2.79. The minimum Gasteiger partial charge on any atom is -0.381 e. The third-order valence-electron chi connectivity index (χ3n) is 3.65. The molecule has 1 aromatic heterocycles. The summed E-state index contributed by atoms with van der Waals surface area (Å²) in [6.07, 6.45) is 1.90. The second-order valence-corrected chi connectivity index (χ2v) is 5.29. The molecule has 1 aliphatic heterocycles. The van der Waals surface area contributed by atoms with E-state index in [4.69, 9.17) is 4.74 Å². The average Bonchev–Trinajstić information content (AvgIpc) is 2.75. The van der Waals surface area contributed by atoms with Crippen molar-refractivity contribution in [3.8, 4) is 0 Å². The van der Waals surface area contributed by atoms with Crippen molar-refractivity contribution < 1.29 is 4.74 Å². The molecule has 17 heavy (non-hydrogen) atoms. The molecule has 0 amide bonds. The summed E-state index contributed by atoms with van der Waals surface area (Å²) in [5, 5.41) is 3.20. The molecule has 2 aliphatic rings. The number of pyridine rings is 1. The predicted octanol–water partition coefficient (Wildman–Crippen LogP) is 1.49. The quantitative estimate of drug-likeness (QED) is 0.861. The molecule has 0 radical (unpaired) electrons. The average molecular weight is 234 g/mol. The molecule has 0 unspecified atom stereocenters. The van der Waals surface area contributed by atoms with Crippen LogP contribution in [-0.4, -0.2) is 23.8 Å². The van der Waals surface area contributed by atoms with Gasteiger partial charge >= 0.3 is 0 Å². The number of anilines is 1. The van der Waals surface area contributed by atoms with Gasteiger partial charge in [0.05, 0.1) is 13.2 Å². The van der Waals surface area contributed by atoms with Crippen LogP contribution in [0.2, 0.25) is 0 Å². The summed E-state index contributed by atoms with van der Waals surface area (Å²) in [6.45, 7) is 5.69. The van der Waals surface area contributed by atoms with Crippen molar-refractivity contribution in [1.82, 2.24) is 4.57 Å². The number of hydrogen-bond donors (Lipinski definition) is 1. The third-order valence-corrected chi connectivity index (χ3v) is 3.65. The Morgan fingerprint density at radius 1 is 1.41 bits per heavy atom. The van der Waals surface area contributed by atoms with Crippen LogP contribution in [0, 0.1) is 11.8 Å². The first-order chi connectivity index (χ1) is 8.18. The van der Waals surface area contributed by atoms with Gasteiger partial charge in [0.1, 0.15) is 5.69 Å². The van der Waals surface area contributed by atoms with Crippen molar-refractivity contribution in [2.75, 3.05) is 18.5 Å². The van der Waals surface area contributed by atoms with Crippen molar-refractivity contribution in [3.05, 3.63) is 28.7 Å². The van der Waals surface area contributed by atoms with E-state index in [-0.39, 0.29) is 11.6 Å². The second kappa shape index (κ2) is 3.88. The largest absolute Gasteiger partial charge is 0.381 e. The van der Waals surface area contributed by atoms with Crippen molar-refractivity contribution in [3.63, 3.8) is 0 Å². The van der Waals surface area contributed by atoms with Crippen LogP contribution in [-0.2, 0) is 4.74 Å². The van der Waals surface area contributed by atoms with Crippen molar-refractivity contribution in [2.24, 2.45) is 11.8 Å². The Kier molecular flexibility index (Phi) is 2.47. The lowest BCUT2D eigenvalue weighted by Gasteiger charge is -2.13. The van der Waals surface area contributed by atoms with Gasteiger partial charge in [0, 0.05) is 30.1 Å². The van der Waals surface area contributed by atoms with Gasteiger partial charge in [-0.3, -0.25) is 4.79 Å². The van der Waals surface area contributed by atoms with Crippen LogP contribution in [0.5, 0.6) is 0 Å². The van der Waals surface area contributed by atoms with E-state index >= 15 is 0 Å². The molecule has 0 aromatic carbocycles. The van der Waals surface area contributed by atoms with E-state index in [1.165, 1.54) is 0 Å². The Balaban J connectivity index is 1.88. The Bertz CT molecular complexity index is 471. The first-order valence-corrected chi connectivity index (χ1v) is 6.24. The number of aromatic nitrogens is 1. The Morgan fingerprint density at radius 2 is 2.12 bits per heavy atom. The lowest BCUT2D eigenvalue weighted by molar-refractivity contribution is 0.151. The van der Waals surface area contributed by atoms with Gasteiger partial charge in [-0.25, -0.2) is 0 Å². The first kappa shape index (κ1) is 10.8. The lowest BCUT2D eigenvalue weighted by atomic mass is 10.3. The van der Waals surface area contributed by atoms with Gasteiger partial charge in [-0.15, -0.1) is 0 Å². The first-order valence-electron chi connectivity index (χ1n) is 6.24. The fourth-order valence-corrected chi connectivity index (χ4v) is 2.79. The molecule has 4 heteroatoms. The van der Waals surface area contributed by atoms with E-state index in [0.717, 1.165) is 13.2 Å². The van der Waals surface area contributed by atoms with Gasteiger partial charge in [-0.2, -0.15) is 0 Å². The SMILES string of the molecule is CC(C)Nc1cccn([C@H]2[C@@H]3COC[C@@H]32)c1=O. The molecule has 92 valence electrons. The number of fused-ring (bicyclic) bond motifs is 1. The lowest BCUT2D eigenvalue weighted by Crippen LogP contribution is -2.26. The molecule has 2 fully saturated rings. The summed E-state index contributed by atoms with van der Waals surface area (Å²) in [7, 11) is 0. The van der Waals surface area contributed by atoms with Gasteiger partial charge in [0.25, 0.3) is 5.56 Å². The molecule has 1 aromatic rings. The van der Waals surface area contributed by atoms with E-state index in [0.29, 0.717) is 23.6 Å². The molecule has 2 heterocycles. The van der Waals surface area contributed by atoms with Gasteiger partial charge in [0.2, 0.25) is 0 Å². The van der Waals surface area contributed by atoms with Crippen LogP contribution < -0.4 is 10.9 Å². The number of hydrogen-bond acceptors (Lipinski definition) is 3. The minimum absolute atomic E-state index is 0.0978. The van der Waals surface area contributed by atoms with Crippen LogP contribution in [0.1, 0.15) is 19.9 Å². The number of rotatable bonds is 3. The number of nitrogens with one attached hydrogen (secondary N) is 1. The summed E-state index contributed by atoms with van der Waals surface area (Å²) in [4.78, 5) is 12.3. The maximum atomic E-state index is 12.3. The highest BCUT2D eigenvalue weighted by Crippen LogP contribution is 2.53. The van der Waals surface area contributed by atoms with Gasteiger partial charge in [0.15, 0.2) is 0 Å². The molecule has 1 N–H and O–H groups in total. The zero-order valence-corrected chi connectivity index (χ0v) is 10.2. The van der Waals surface area contributed by atoms with E-state index in [2.05, 4.69) is 5.32 Å². The molecular weight excluding hydrogens is 216 g/mol. The summed E-state index contributed by atoms with van der Waals surface area (Å²) in [5.41, 5.74) is 0.800. The molecule has 4 nitrogen and oxygen atoms in total. The minimum atomic E-state index is 0.0978. The van der Waals surface area contributed by atoms with Crippen LogP contribution in [0.3, 0.4) is 0 Å². The second-order valence-electron chi connectivity index (χ2n) is 5.29. The highest BCUT2D eigenvalue weighted by molar-refractivity contribution is 5.41. The van der Waals surface area contributed by atoms with Gasteiger partial charge in [-0.1, -0.05) is 0 Å². The summed E-state index contributed by atoms with van der Waals surface area (Å²) in [5.74, 6) is 1.11. The van der Waals surface area contributed by atoms with Gasteiger partial charge < -0.3 is 14.6 Å². The smallest absolute Gasteiger partial charge is 0.274 e. The van der Waals surface area contributed by atoms with Crippen LogP contribution in [0.4, 0.5) is 5.69 Å². The number of ether oxygens (including phenoxy) is 1. The maximum Gasteiger partial charge on any atom is 0.274 e. The van der Waals surface area contributed by atoms with Crippen molar-refractivity contribution in [2.45, 2.75) is 25.9 Å². The normalized spacial score (nSPS) is 30.4. The molecule has 3 atom stereocenters. The van der Waals surface area contributed by atoms with Gasteiger partial charge in [-0.05, 0) is 26.0 Å². The monoisotopic (exact) mass is 234 g/mol. The Labute approximate surface area is 101 Å². The van der Waals surface area contributed by atoms with Crippen molar-refractivity contribution >= 4 is 5.69 Å². The van der Waals surface area contributed by atoms with Crippen LogP contribution in [0.15, 0.2) is 23.1 Å². The van der Waals surface area contributed by atoms with E-state index in [1.807, 2.05) is 36.7 Å². The highest BCUT2D eigenvalue weighted by Gasteiger charge is 2.55. The van der Waals surface area contributed by atoms with E-state index in [1.54, 1.807) is 0 Å². The Hall–Kier alpha value is -1.29. The summed E-state index contributed by atoms with van der Waals surface area (Å²) >= 11 is 0. The molecule has 0 bridgehead atoms. The summed E-state index contributed by atoms with van der Waals surface area (Å²) in [6, 6.07) is 4.44.